The Kier molecular flexibility index (Phi) is 4.27. The maximum atomic E-state index is 13.6. The first kappa shape index (κ1) is 18.4. The molecule has 8 nitrogen and oxygen atoms in total. The third-order valence-corrected chi connectivity index (χ3v) is 5.90. The Balaban J connectivity index is 1.64. The van der Waals surface area contributed by atoms with Crippen molar-refractivity contribution in [3.63, 3.8) is 0 Å². The zero-order valence-electron chi connectivity index (χ0n) is 16.5. The molecule has 1 aliphatic heterocycles. The molecule has 1 aromatic heterocycles. The van der Waals surface area contributed by atoms with Crippen molar-refractivity contribution >= 4 is 34.5 Å². The molecule has 0 atom stereocenters. The second-order valence-electron chi connectivity index (χ2n) is 7.74. The van der Waals surface area contributed by atoms with E-state index < -0.39 is 5.66 Å². The SMILES string of the molecule is NC1=NC2(CCCCC2)N(c2ccccc2C(=O)n2cnc3ccccc32)C(N)=N1. The van der Waals surface area contributed by atoms with Gasteiger partial charge in [-0.25, -0.2) is 9.98 Å². The van der Waals surface area contributed by atoms with Crippen molar-refractivity contribution < 1.29 is 4.79 Å². The normalized spacial score (nSPS) is 18.3. The molecule has 4 N–H and O–H groups in total. The molecular weight excluding hydrogens is 378 g/mol. The van der Waals surface area contributed by atoms with Crippen molar-refractivity contribution in [2.45, 2.75) is 37.8 Å². The minimum absolute atomic E-state index is 0.180. The highest BCUT2D eigenvalue weighted by molar-refractivity contribution is 6.11. The number of carbonyl (C=O) groups is 1. The number of aromatic nitrogens is 2. The van der Waals surface area contributed by atoms with E-state index in [4.69, 9.17) is 16.5 Å². The highest BCUT2D eigenvalue weighted by atomic mass is 16.2. The van der Waals surface area contributed by atoms with E-state index in [1.807, 2.05) is 47.4 Å². The summed E-state index contributed by atoms with van der Waals surface area (Å²) in [6.45, 7) is 0. The van der Waals surface area contributed by atoms with Crippen LogP contribution in [0.25, 0.3) is 11.0 Å². The fraction of sp³-hybridized carbons (Fsp3) is 0.273. The number of guanidine groups is 2. The number of fused-ring (bicyclic) bond motifs is 1. The summed E-state index contributed by atoms with van der Waals surface area (Å²) in [7, 11) is 0. The molecule has 3 aromatic rings. The number of hydrogen-bond donors (Lipinski definition) is 2. The molecule has 1 saturated carbocycles. The first-order valence-electron chi connectivity index (χ1n) is 10.1. The number of anilines is 1. The second kappa shape index (κ2) is 6.98. The molecule has 1 fully saturated rings. The van der Waals surface area contributed by atoms with Crippen molar-refractivity contribution in [3.05, 3.63) is 60.4 Å². The van der Waals surface area contributed by atoms with Crippen molar-refractivity contribution in [2.24, 2.45) is 21.5 Å². The van der Waals surface area contributed by atoms with Gasteiger partial charge in [-0.3, -0.25) is 14.3 Å². The molecule has 30 heavy (non-hydrogen) atoms. The lowest BCUT2D eigenvalue weighted by Gasteiger charge is -2.46. The summed E-state index contributed by atoms with van der Waals surface area (Å²) in [5.41, 5.74) is 14.5. The van der Waals surface area contributed by atoms with Crippen LogP contribution < -0.4 is 16.4 Å². The third kappa shape index (κ3) is 2.83. The molecule has 0 bridgehead atoms. The van der Waals surface area contributed by atoms with Gasteiger partial charge in [-0.15, -0.1) is 0 Å². The molecule has 2 heterocycles. The van der Waals surface area contributed by atoms with Crippen LogP contribution in [-0.2, 0) is 0 Å². The Labute approximate surface area is 173 Å². The number of benzene rings is 2. The largest absolute Gasteiger partial charge is 0.369 e. The van der Waals surface area contributed by atoms with Gasteiger partial charge in [-0.1, -0.05) is 30.7 Å². The number of rotatable bonds is 2. The Bertz CT molecular complexity index is 1190. The second-order valence-corrected chi connectivity index (χ2v) is 7.74. The third-order valence-electron chi connectivity index (χ3n) is 5.90. The average molecular weight is 401 g/mol. The Morgan fingerprint density at radius 1 is 0.967 bits per heavy atom. The van der Waals surface area contributed by atoms with E-state index >= 15 is 0 Å². The van der Waals surface area contributed by atoms with Crippen LogP contribution in [0, 0.1) is 0 Å². The standard InChI is InChI=1S/C22H23N7O/c23-20-26-21(24)29(22(27-20)12-6-1-7-13-22)17-10-4-2-8-15(17)19(30)28-14-25-16-9-3-5-11-18(16)28/h2-5,8-11,14H,1,6-7,12-13H2,(H4,23,24,26,27). The molecule has 5 rings (SSSR count). The van der Waals surface area contributed by atoms with Crippen LogP contribution in [0.2, 0.25) is 0 Å². The quantitative estimate of drug-likeness (QED) is 0.685. The highest BCUT2D eigenvalue weighted by Crippen LogP contribution is 2.40. The summed E-state index contributed by atoms with van der Waals surface area (Å²) in [5, 5.41) is 0. The molecule has 0 unspecified atom stereocenters. The summed E-state index contributed by atoms with van der Waals surface area (Å²) in [4.78, 5) is 28.8. The van der Waals surface area contributed by atoms with E-state index in [-0.39, 0.29) is 17.8 Å². The molecule has 152 valence electrons. The molecule has 0 saturated heterocycles. The predicted molar refractivity (Wildman–Crippen MR) is 117 cm³/mol. The number of imidazole rings is 1. The summed E-state index contributed by atoms with van der Waals surface area (Å²) in [6, 6.07) is 15.0. The van der Waals surface area contributed by atoms with Gasteiger partial charge < -0.3 is 11.5 Å². The van der Waals surface area contributed by atoms with Crippen molar-refractivity contribution in [3.8, 4) is 0 Å². The van der Waals surface area contributed by atoms with Crippen LogP contribution in [0.4, 0.5) is 5.69 Å². The van der Waals surface area contributed by atoms with Crippen LogP contribution in [0.1, 0.15) is 42.5 Å². The molecule has 0 amide bonds. The van der Waals surface area contributed by atoms with Crippen molar-refractivity contribution in [2.75, 3.05) is 4.90 Å². The van der Waals surface area contributed by atoms with Crippen LogP contribution in [0.15, 0.2) is 64.8 Å². The smallest absolute Gasteiger partial charge is 0.265 e. The summed E-state index contributed by atoms with van der Waals surface area (Å²) >= 11 is 0. The minimum atomic E-state index is -0.610. The topological polar surface area (TPSA) is 115 Å². The maximum absolute atomic E-state index is 13.6. The van der Waals surface area contributed by atoms with Crippen LogP contribution in [0.3, 0.4) is 0 Å². The van der Waals surface area contributed by atoms with Gasteiger partial charge in [0, 0.05) is 0 Å². The molecular formula is C22H23N7O. The lowest BCUT2D eigenvalue weighted by atomic mass is 9.87. The van der Waals surface area contributed by atoms with E-state index in [1.165, 1.54) is 0 Å². The monoisotopic (exact) mass is 401 g/mol. The molecule has 1 aliphatic carbocycles. The van der Waals surface area contributed by atoms with Gasteiger partial charge in [0.1, 0.15) is 12.0 Å². The molecule has 2 aromatic carbocycles. The number of carbonyl (C=O) groups excluding carboxylic acids is 1. The lowest BCUT2D eigenvalue weighted by Crippen LogP contribution is -2.58. The lowest BCUT2D eigenvalue weighted by molar-refractivity contribution is 0.0964. The maximum Gasteiger partial charge on any atom is 0.265 e. The summed E-state index contributed by atoms with van der Waals surface area (Å²) in [5.74, 6) is 0.274. The number of nitrogens with two attached hydrogens (primary N) is 2. The Hall–Kier alpha value is -3.68. The van der Waals surface area contributed by atoms with Gasteiger partial charge >= 0.3 is 0 Å². The minimum Gasteiger partial charge on any atom is -0.369 e. The van der Waals surface area contributed by atoms with Gasteiger partial charge in [0.2, 0.25) is 11.9 Å². The van der Waals surface area contributed by atoms with Gasteiger partial charge in [-0.05, 0) is 49.9 Å². The molecule has 0 radical (unpaired) electrons. The first-order chi connectivity index (χ1) is 14.6. The van der Waals surface area contributed by atoms with Gasteiger partial charge in [-0.2, -0.15) is 4.99 Å². The fourth-order valence-electron chi connectivity index (χ4n) is 4.57. The van der Waals surface area contributed by atoms with Crippen LogP contribution >= 0.6 is 0 Å². The van der Waals surface area contributed by atoms with Gasteiger partial charge in [0.15, 0.2) is 0 Å². The summed E-state index contributed by atoms with van der Waals surface area (Å²) in [6.07, 6.45) is 6.35. The van der Waals surface area contributed by atoms with Crippen LogP contribution in [0.5, 0.6) is 0 Å². The van der Waals surface area contributed by atoms with E-state index in [0.717, 1.165) is 43.1 Å². The van der Waals surface area contributed by atoms with E-state index in [9.17, 15) is 4.79 Å². The number of aliphatic imine (C=N–C) groups is 2. The Morgan fingerprint density at radius 3 is 2.53 bits per heavy atom. The number of hydrogen-bond acceptors (Lipinski definition) is 7. The number of nitrogens with zero attached hydrogens (tertiary/aromatic N) is 5. The first-order valence-corrected chi connectivity index (χ1v) is 10.1. The van der Waals surface area contributed by atoms with E-state index in [0.29, 0.717) is 11.3 Å². The zero-order chi connectivity index (χ0) is 20.7. The Morgan fingerprint density at radius 2 is 1.70 bits per heavy atom. The highest BCUT2D eigenvalue weighted by Gasteiger charge is 2.43. The molecule has 2 aliphatic rings. The summed E-state index contributed by atoms with van der Waals surface area (Å²) < 4.78 is 1.57. The van der Waals surface area contributed by atoms with E-state index in [2.05, 4.69) is 9.98 Å². The van der Waals surface area contributed by atoms with Crippen molar-refractivity contribution in [1.82, 2.24) is 9.55 Å². The molecule has 1 spiro atoms. The van der Waals surface area contributed by atoms with E-state index in [1.54, 1.807) is 17.0 Å². The zero-order valence-corrected chi connectivity index (χ0v) is 16.5. The fourth-order valence-corrected chi connectivity index (χ4v) is 4.57. The predicted octanol–water partition coefficient (Wildman–Crippen LogP) is 2.83. The van der Waals surface area contributed by atoms with Gasteiger partial charge in [0.05, 0.1) is 22.3 Å². The average Bonchev–Trinajstić information content (AvgIpc) is 3.18. The molecule has 8 heteroatoms. The van der Waals surface area contributed by atoms with Crippen molar-refractivity contribution in [1.29, 1.82) is 0 Å². The van der Waals surface area contributed by atoms with Crippen LogP contribution in [-0.4, -0.2) is 33.0 Å². The van der Waals surface area contributed by atoms with Gasteiger partial charge in [0.25, 0.3) is 5.91 Å². The number of para-hydroxylation sites is 3.